The summed E-state index contributed by atoms with van der Waals surface area (Å²) >= 11 is 0. The topological polar surface area (TPSA) is 111 Å². The number of ether oxygens (including phenoxy) is 3. The summed E-state index contributed by atoms with van der Waals surface area (Å²) in [6.07, 6.45) is 0. The minimum absolute atomic E-state index is 0.0815. The largest absolute Gasteiger partial charge is 0.507 e. The van der Waals surface area contributed by atoms with Gasteiger partial charge in [-0.25, -0.2) is 0 Å². The maximum Gasteiger partial charge on any atom is 0.301 e. The lowest BCUT2D eigenvalue weighted by molar-refractivity contribution is -0.132. The summed E-state index contributed by atoms with van der Waals surface area (Å²) in [5, 5.41) is 15.1. The molecule has 1 aliphatic heterocycles. The number of Topliss-reactive ketones (excluding diaryl/α,β-unsaturated/α-hetero) is 1. The highest BCUT2D eigenvalue weighted by Gasteiger charge is 2.48. The number of hydrogen-bond acceptors (Lipinski definition) is 8. The molecule has 2 heterocycles. The average Bonchev–Trinajstić information content (AvgIpc) is 3.39. The van der Waals surface area contributed by atoms with Crippen LogP contribution in [-0.4, -0.2) is 42.8 Å². The number of aromatic nitrogens is 1. The summed E-state index contributed by atoms with van der Waals surface area (Å²) < 4.78 is 21.3. The maximum absolute atomic E-state index is 13.2. The Kier molecular flexibility index (Phi) is 6.27. The fourth-order valence-electron chi connectivity index (χ4n) is 3.91. The summed E-state index contributed by atoms with van der Waals surface area (Å²) in [5.74, 6) is 0.139. The van der Waals surface area contributed by atoms with Crippen molar-refractivity contribution in [2.45, 2.75) is 19.9 Å². The van der Waals surface area contributed by atoms with Crippen molar-refractivity contribution in [1.29, 1.82) is 0 Å². The van der Waals surface area contributed by atoms with E-state index in [1.54, 1.807) is 55.5 Å². The SMILES string of the molecule is CCOc1ccc(/C(O)=C2\C(=O)C(=O)N(c3cc(C)on3)C2c2ccc(OC)c(OC)c2)cc1. The molecule has 9 heteroatoms. The van der Waals surface area contributed by atoms with E-state index in [-0.39, 0.29) is 17.2 Å². The molecule has 4 rings (SSSR count). The monoisotopic (exact) mass is 464 g/mol. The highest BCUT2D eigenvalue weighted by Crippen LogP contribution is 2.44. The van der Waals surface area contributed by atoms with Crippen LogP contribution < -0.4 is 19.1 Å². The van der Waals surface area contributed by atoms with Crippen LogP contribution in [0, 0.1) is 6.92 Å². The van der Waals surface area contributed by atoms with Gasteiger partial charge in [0.15, 0.2) is 17.3 Å². The Labute approximate surface area is 196 Å². The van der Waals surface area contributed by atoms with Crippen molar-refractivity contribution in [2.24, 2.45) is 0 Å². The fraction of sp³-hybridized carbons (Fsp3) is 0.240. The van der Waals surface area contributed by atoms with E-state index in [4.69, 9.17) is 18.7 Å². The van der Waals surface area contributed by atoms with Crippen LogP contribution in [0.15, 0.2) is 58.6 Å². The number of aliphatic hydroxyl groups excluding tert-OH is 1. The zero-order valence-electron chi connectivity index (χ0n) is 19.2. The minimum Gasteiger partial charge on any atom is -0.507 e. The third-order valence-corrected chi connectivity index (χ3v) is 5.47. The van der Waals surface area contributed by atoms with E-state index in [9.17, 15) is 14.7 Å². The van der Waals surface area contributed by atoms with E-state index in [1.807, 2.05) is 6.92 Å². The van der Waals surface area contributed by atoms with E-state index in [0.29, 0.717) is 40.7 Å². The molecule has 1 unspecified atom stereocenters. The zero-order valence-corrected chi connectivity index (χ0v) is 19.2. The summed E-state index contributed by atoms with van der Waals surface area (Å²) in [7, 11) is 2.99. The number of amides is 1. The molecule has 9 nitrogen and oxygen atoms in total. The Bertz CT molecular complexity index is 1260. The maximum atomic E-state index is 13.2. The molecule has 1 fully saturated rings. The van der Waals surface area contributed by atoms with Gasteiger partial charge < -0.3 is 23.8 Å². The lowest BCUT2D eigenvalue weighted by atomic mass is 9.95. The lowest BCUT2D eigenvalue weighted by Gasteiger charge is -2.23. The smallest absolute Gasteiger partial charge is 0.301 e. The van der Waals surface area contributed by atoms with Crippen molar-refractivity contribution in [2.75, 3.05) is 25.7 Å². The second kappa shape index (κ2) is 9.30. The first-order valence-corrected chi connectivity index (χ1v) is 10.6. The Balaban J connectivity index is 1.91. The number of rotatable bonds is 7. The van der Waals surface area contributed by atoms with Gasteiger partial charge in [-0.05, 0) is 55.8 Å². The number of benzene rings is 2. The molecule has 0 saturated carbocycles. The van der Waals surface area contributed by atoms with Gasteiger partial charge in [-0.15, -0.1) is 0 Å². The second-order valence-corrected chi connectivity index (χ2v) is 7.54. The summed E-state index contributed by atoms with van der Waals surface area (Å²) in [6.45, 7) is 4.04. The number of hydrogen-bond donors (Lipinski definition) is 1. The highest BCUT2D eigenvalue weighted by molar-refractivity contribution is 6.51. The highest BCUT2D eigenvalue weighted by atomic mass is 16.5. The number of anilines is 1. The molecule has 2 aromatic carbocycles. The molecule has 0 radical (unpaired) electrons. The first-order chi connectivity index (χ1) is 16.4. The number of carbonyl (C=O) groups excluding carboxylic acids is 2. The number of aryl methyl sites for hydroxylation is 1. The first kappa shape index (κ1) is 22.9. The zero-order chi connectivity index (χ0) is 24.4. The van der Waals surface area contributed by atoms with Crippen LogP contribution in [0.1, 0.15) is 29.9 Å². The molecule has 1 aliphatic rings. The number of carbonyl (C=O) groups is 2. The van der Waals surface area contributed by atoms with E-state index >= 15 is 0 Å². The summed E-state index contributed by atoms with van der Waals surface area (Å²) in [4.78, 5) is 27.5. The van der Waals surface area contributed by atoms with Gasteiger partial charge in [-0.3, -0.25) is 14.5 Å². The average molecular weight is 464 g/mol. The van der Waals surface area contributed by atoms with Crippen LogP contribution in [0.3, 0.4) is 0 Å². The minimum atomic E-state index is -0.976. The second-order valence-electron chi connectivity index (χ2n) is 7.54. The molecule has 1 atom stereocenters. The molecule has 34 heavy (non-hydrogen) atoms. The van der Waals surface area contributed by atoms with Crippen molar-refractivity contribution >= 4 is 23.3 Å². The molecule has 1 saturated heterocycles. The van der Waals surface area contributed by atoms with Crippen molar-refractivity contribution in [3.05, 3.63) is 71.0 Å². The van der Waals surface area contributed by atoms with E-state index in [0.717, 1.165) is 0 Å². The van der Waals surface area contributed by atoms with Crippen molar-refractivity contribution in [3.8, 4) is 17.2 Å². The normalized spacial score (nSPS) is 17.2. The lowest BCUT2D eigenvalue weighted by Crippen LogP contribution is -2.29. The molecule has 1 amide bonds. The van der Waals surface area contributed by atoms with Crippen LogP contribution in [-0.2, 0) is 9.59 Å². The van der Waals surface area contributed by atoms with Gasteiger partial charge in [0.05, 0.1) is 32.4 Å². The summed E-state index contributed by atoms with van der Waals surface area (Å²) in [5.41, 5.74) is 0.801. The number of ketones is 1. The van der Waals surface area contributed by atoms with Crippen molar-refractivity contribution in [1.82, 2.24) is 5.16 Å². The first-order valence-electron chi connectivity index (χ1n) is 10.6. The molecule has 0 bridgehead atoms. The summed E-state index contributed by atoms with van der Waals surface area (Å²) in [6, 6.07) is 12.2. The van der Waals surface area contributed by atoms with Crippen LogP contribution in [0.25, 0.3) is 5.76 Å². The quantitative estimate of drug-likeness (QED) is 0.317. The van der Waals surface area contributed by atoms with Gasteiger partial charge >= 0.3 is 5.91 Å². The van der Waals surface area contributed by atoms with Gasteiger partial charge in [0.2, 0.25) is 0 Å². The molecule has 0 spiro atoms. The fourth-order valence-corrected chi connectivity index (χ4v) is 3.91. The molecular formula is C25H24N2O7. The molecule has 1 N–H and O–H groups in total. The third kappa shape index (κ3) is 3.96. The Morgan fingerprint density at radius 2 is 1.76 bits per heavy atom. The van der Waals surface area contributed by atoms with Gasteiger partial charge in [-0.1, -0.05) is 11.2 Å². The van der Waals surface area contributed by atoms with Crippen molar-refractivity contribution < 1.29 is 33.4 Å². The van der Waals surface area contributed by atoms with Gasteiger partial charge in [0.25, 0.3) is 5.78 Å². The van der Waals surface area contributed by atoms with E-state index in [1.165, 1.54) is 19.1 Å². The van der Waals surface area contributed by atoms with Crippen LogP contribution in [0.5, 0.6) is 17.2 Å². The van der Waals surface area contributed by atoms with E-state index in [2.05, 4.69) is 5.16 Å². The molecule has 3 aromatic rings. The van der Waals surface area contributed by atoms with Gasteiger partial charge in [0.1, 0.15) is 17.3 Å². The van der Waals surface area contributed by atoms with Crippen molar-refractivity contribution in [3.63, 3.8) is 0 Å². The standard InChI is InChI=1S/C25H24N2O7/c1-5-33-17-9-6-15(7-10-17)23(28)21-22(16-8-11-18(31-3)19(13-16)32-4)27(25(30)24(21)29)20-12-14(2)34-26-20/h6-13,22,28H,5H2,1-4H3/b23-21+. The van der Waals surface area contributed by atoms with E-state index < -0.39 is 17.7 Å². The Morgan fingerprint density at radius 3 is 2.35 bits per heavy atom. The molecule has 1 aromatic heterocycles. The number of nitrogens with zero attached hydrogens (tertiary/aromatic N) is 2. The molecule has 0 aliphatic carbocycles. The molecular weight excluding hydrogens is 440 g/mol. The van der Waals surface area contributed by atoms with Crippen LogP contribution in [0.4, 0.5) is 5.82 Å². The number of aliphatic hydroxyl groups is 1. The van der Waals surface area contributed by atoms with Gasteiger partial charge in [0, 0.05) is 11.6 Å². The van der Waals surface area contributed by atoms with Crippen LogP contribution >= 0.6 is 0 Å². The third-order valence-electron chi connectivity index (χ3n) is 5.47. The predicted octanol–water partition coefficient (Wildman–Crippen LogP) is 4.03. The van der Waals surface area contributed by atoms with Gasteiger partial charge in [-0.2, -0.15) is 0 Å². The molecule has 176 valence electrons. The number of methoxy groups -OCH3 is 2. The Hall–Kier alpha value is -4.27. The predicted molar refractivity (Wildman–Crippen MR) is 123 cm³/mol. The Morgan fingerprint density at radius 1 is 1.06 bits per heavy atom. The van der Waals surface area contributed by atoms with Crippen LogP contribution in [0.2, 0.25) is 0 Å².